The fourth-order valence-electron chi connectivity index (χ4n) is 2.40. The normalized spacial score (nSPS) is 16.3. The number of hydrogen-bond donors (Lipinski definition) is 1. The molecule has 0 spiro atoms. The number of carbonyl (C=O) groups is 2. The van der Waals surface area contributed by atoms with E-state index in [-0.39, 0.29) is 30.1 Å². The van der Waals surface area contributed by atoms with E-state index in [1.807, 2.05) is 40.6 Å². The molecule has 5 nitrogen and oxygen atoms in total. The summed E-state index contributed by atoms with van der Waals surface area (Å²) < 4.78 is 0. The summed E-state index contributed by atoms with van der Waals surface area (Å²) in [5.74, 6) is 0.225. The SMILES string of the molecule is CNCC(C)C(=O)N1CCN(C(=O)c2ccsc2)CC1.Cl. The van der Waals surface area contributed by atoms with Crippen LogP contribution in [0.25, 0.3) is 0 Å². The second-order valence-corrected chi connectivity index (χ2v) is 5.87. The third-order valence-electron chi connectivity index (χ3n) is 3.58. The number of thiophene rings is 1. The van der Waals surface area contributed by atoms with Crippen molar-refractivity contribution in [2.75, 3.05) is 39.8 Å². The van der Waals surface area contributed by atoms with Gasteiger partial charge < -0.3 is 15.1 Å². The second-order valence-electron chi connectivity index (χ2n) is 5.09. The van der Waals surface area contributed by atoms with Crippen LogP contribution in [-0.2, 0) is 4.79 Å². The van der Waals surface area contributed by atoms with Crippen LogP contribution in [0, 0.1) is 5.92 Å². The molecule has 2 heterocycles. The maximum absolute atomic E-state index is 12.2. The molecule has 1 aliphatic rings. The van der Waals surface area contributed by atoms with Gasteiger partial charge in [-0.1, -0.05) is 6.92 Å². The van der Waals surface area contributed by atoms with Crippen molar-refractivity contribution in [2.45, 2.75) is 6.92 Å². The third-order valence-corrected chi connectivity index (χ3v) is 4.26. The Labute approximate surface area is 135 Å². The van der Waals surface area contributed by atoms with Crippen LogP contribution in [0.4, 0.5) is 0 Å². The Kier molecular flexibility index (Phi) is 7.14. The van der Waals surface area contributed by atoms with Crippen molar-refractivity contribution >= 4 is 35.6 Å². The summed E-state index contributed by atoms with van der Waals surface area (Å²) in [4.78, 5) is 28.1. The van der Waals surface area contributed by atoms with Gasteiger partial charge in [-0.2, -0.15) is 11.3 Å². The van der Waals surface area contributed by atoms with Crippen molar-refractivity contribution in [2.24, 2.45) is 5.92 Å². The van der Waals surface area contributed by atoms with Crippen molar-refractivity contribution in [3.05, 3.63) is 22.4 Å². The number of hydrogen-bond acceptors (Lipinski definition) is 4. The van der Waals surface area contributed by atoms with Crippen molar-refractivity contribution in [3.63, 3.8) is 0 Å². The Morgan fingerprint density at radius 1 is 1.29 bits per heavy atom. The van der Waals surface area contributed by atoms with Gasteiger partial charge in [0.2, 0.25) is 5.91 Å². The largest absolute Gasteiger partial charge is 0.339 e. The highest BCUT2D eigenvalue weighted by atomic mass is 35.5. The van der Waals surface area contributed by atoms with Gasteiger partial charge in [-0.15, -0.1) is 12.4 Å². The molecule has 1 saturated heterocycles. The van der Waals surface area contributed by atoms with Crippen LogP contribution in [0.3, 0.4) is 0 Å². The smallest absolute Gasteiger partial charge is 0.254 e. The molecular formula is C14H22ClN3O2S. The minimum absolute atomic E-state index is 0. The Morgan fingerprint density at radius 2 is 1.90 bits per heavy atom. The van der Waals surface area contributed by atoms with Crippen LogP contribution >= 0.6 is 23.7 Å². The molecule has 0 saturated carbocycles. The molecule has 0 aliphatic carbocycles. The predicted molar refractivity (Wildman–Crippen MR) is 87.1 cm³/mol. The van der Waals surface area contributed by atoms with Gasteiger partial charge in [0.05, 0.1) is 5.56 Å². The molecule has 0 aromatic carbocycles. The third kappa shape index (κ3) is 4.43. The number of nitrogens with one attached hydrogen (secondary N) is 1. The van der Waals surface area contributed by atoms with Crippen molar-refractivity contribution in [1.29, 1.82) is 0 Å². The molecule has 1 N–H and O–H groups in total. The number of nitrogens with zero attached hydrogens (tertiary/aromatic N) is 2. The second kappa shape index (κ2) is 8.36. The average Bonchev–Trinajstić information content (AvgIpc) is 3.00. The molecule has 1 fully saturated rings. The van der Waals surface area contributed by atoms with Crippen LogP contribution in [0.5, 0.6) is 0 Å². The molecule has 1 aromatic heterocycles. The van der Waals surface area contributed by atoms with Gasteiger partial charge >= 0.3 is 0 Å². The van der Waals surface area contributed by atoms with E-state index in [9.17, 15) is 9.59 Å². The van der Waals surface area contributed by atoms with Gasteiger partial charge in [0, 0.05) is 44.0 Å². The molecule has 1 aromatic rings. The molecule has 1 aliphatic heterocycles. The first-order valence-electron chi connectivity index (χ1n) is 6.88. The zero-order chi connectivity index (χ0) is 14.5. The molecule has 0 radical (unpaired) electrons. The summed E-state index contributed by atoms with van der Waals surface area (Å²) in [7, 11) is 1.85. The average molecular weight is 332 g/mol. The molecule has 7 heteroatoms. The molecule has 2 rings (SSSR count). The number of amides is 2. The molecule has 2 amide bonds. The molecule has 1 atom stereocenters. The fourth-order valence-corrected chi connectivity index (χ4v) is 3.03. The molecular weight excluding hydrogens is 310 g/mol. The highest BCUT2D eigenvalue weighted by Crippen LogP contribution is 2.13. The lowest BCUT2D eigenvalue weighted by atomic mass is 10.1. The fraction of sp³-hybridized carbons (Fsp3) is 0.571. The van der Waals surface area contributed by atoms with Gasteiger partial charge in [-0.3, -0.25) is 9.59 Å². The molecule has 1 unspecified atom stereocenters. The Balaban J connectivity index is 0.00000220. The standard InChI is InChI=1S/C14H21N3O2S.ClH/c1-11(9-15-2)13(18)16-4-6-17(7-5-16)14(19)12-3-8-20-10-12;/h3,8,10-11,15H,4-7,9H2,1-2H3;1H. The van der Waals surface area contributed by atoms with Crippen LogP contribution in [-0.4, -0.2) is 61.4 Å². The first kappa shape index (κ1) is 17.9. The summed E-state index contributed by atoms with van der Waals surface area (Å²) in [6, 6.07) is 1.85. The maximum Gasteiger partial charge on any atom is 0.254 e. The summed E-state index contributed by atoms with van der Waals surface area (Å²) in [6.07, 6.45) is 0. The van der Waals surface area contributed by atoms with E-state index in [0.717, 1.165) is 5.56 Å². The van der Waals surface area contributed by atoms with Crippen LogP contribution in [0.2, 0.25) is 0 Å². The maximum atomic E-state index is 12.2. The van der Waals surface area contributed by atoms with Gasteiger partial charge in [0.1, 0.15) is 0 Å². The Hall–Kier alpha value is -1.11. The molecule has 0 bridgehead atoms. The molecule has 118 valence electrons. The van der Waals surface area contributed by atoms with E-state index in [4.69, 9.17) is 0 Å². The van der Waals surface area contributed by atoms with E-state index in [0.29, 0.717) is 32.7 Å². The van der Waals surface area contributed by atoms with Gasteiger partial charge in [0.15, 0.2) is 0 Å². The minimum atomic E-state index is -0.0147. The highest BCUT2D eigenvalue weighted by Gasteiger charge is 2.27. The Bertz CT molecular complexity index is 459. The van der Waals surface area contributed by atoms with E-state index < -0.39 is 0 Å². The zero-order valence-corrected chi connectivity index (χ0v) is 14.0. The number of carbonyl (C=O) groups excluding carboxylic acids is 2. The summed E-state index contributed by atoms with van der Waals surface area (Å²) in [6.45, 7) is 5.11. The first-order chi connectivity index (χ1) is 9.63. The van der Waals surface area contributed by atoms with E-state index in [1.165, 1.54) is 11.3 Å². The topological polar surface area (TPSA) is 52.7 Å². The van der Waals surface area contributed by atoms with Crippen molar-refractivity contribution in [3.8, 4) is 0 Å². The minimum Gasteiger partial charge on any atom is -0.339 e. The predicted octanol–water partition coefficient (Wildman–Crippen LogP) is 1.31. The van der Waals surface area contributed by atoms with E-state index in [2.05, 4.69) is 5.32 Å². The lowest BCUT2D eigenvalue weighted by molar-refractivity contribution is -0.136. The highest BCUT2D eigenvalue weighted by molar-refractivity contribution is 7.08. The lowest BCUT2D eigenvalue weighted by Gasteiger charge is -2.35. The Morgan fingerprint density at radius 3 is 2.43 bits per heavy atom. The van der Waals surface area contributed by atoms with Crippen LogP contribution in [0.15, 0.2) is 16.8 Å². The van der Waals surface area contributed by atoms with Crippen molar-refractivity contribution < 1.29 is 9.59 Å². The van der Waals surface area contributed by atoms with Gasteiger partial charge in [0.25, 0.3) is 5.91 Å². The molecule has 21 heavy (non-hydrogen) atoms. The summed E-state index contributed by atoms with van der Waals surface area (Å²) >= 11 is 1.53. The monoisotopic (exact) mass is 331 g/mol. The number of halogens is 1. The van der Waals surface area contributed by atoms with Gasteiger partial charge in [-0.05, 0) is 18.5 Å². The number of piperazine rings is 1. The summed E-state index contributed by atoms with van der Waals surface area (Å²) in [5, 5.41) is 6.80. The van der Waals surface area contributed by atoms with Crippen LogP contribution in [0.1, 0.15) is 17.3 Å². The first-order valence-corrected chi connectivity index (χ1v) is 7.82. The van der Waals surface area contributed by atoms with E-state index in [1.54, 1.807) is 0 Å². The zero-order valence-electron chi connectivity index (χ0n) is 12.4. The lowest BCUT2D eigenvalue weighted by Crippen LogP contribution is -2.52. The van der Waals surface area contributed by atoms with Crippen LogP contribution < -0.4 is 5.32 Å². The summed E-state index contributed by atoms with van der Waals surface area (Å²) in [5.41, 5.74) is 0.748. The van der Waals surface area contributed by atoms with E-state index >= 15 is 0 Å². The quantitative estimate of drug-likeness (QED) is 0.905. The van der Waals surface area contributed by atoms with Crippen molar-refractivity contribution in [1.82, 2.24) is 15.1 Å². The number of rotatable bonds is 4. The van der Waals surface area contributed by atoms with Gasteiger partial charge in [-0.25, -0.2) is 0 Å².